The number of hydrogen-bond acceptors (Lipinski definition) is 4. The number of hydrazine groups is 1. The molecule has 0 unspecified atom stereocenters. The SMILES string of the molecule is O=C1CC[C@@H](c2ccccc2)N1Nc1ncnc2[nH]c(Cl)cc12. The fourth-order valence-electron chi connectivity index (χ4n) is 2.93. The lowest BCUT2D eigenvalue weighted by Gasteiger charge is -2.26. The van der Waals surface area contributed by atoms with Crippen molar-refractivity contribution in [2.45, 2.75) is 18.9 Å². The molecule has 116 valence electrons. The summed E-state index contributed by atoms with van der Waals surface area (Å²) >= 11 is 5.99. The number of benzene rings is 1. The third-order valence-electron chi connectivity index (χ3n) is 4.02. The van der Waals surface area contributed by atoms with E-state index in [1.165, 1.54) is 6.33 Å². The maximum atomic E-state index is 12.3. The highest BCUT2D eigenvalue weighted by Gasteiger charge is 2.33. The summed E-state index contributed by atoms with van der Waals surface area (Å²) in [4.78, 5) is 23.6. The van der Waals surface area contributed by atoms with Crippen molar-refractivity contribution in [2.75, 3.05) is 5.43 Å². The maximum absolute atomic E-state index is 12.3. The van der Waals surface area contributed by atoms with Gasteiger partial charge < -0.3 is 4.98 Å². The molecule has 1 aliphatic rings. The molecule has 1 fully saturated rings. The van der Waals surface area contributed by atoms with Crippen LogP contribution in [0.15, 0.2) is 42.7 Å². The zero-order chi connectivity index (χ0) is 15.8. The zero-order valence-electron chi connectivity index (χ0n) is 12.2. The Morgan fingerprint density at radius 2 is 2.09 bits per heavy atom. The molecule has 2 aromatic heterocycles. The molecule has 0 radical (unpaired) electrons. The number of rotatable bonds is 3. The lowest BCUT2D eigenvalue weighted by atomic mass is 10.1. The summed E-state index contributed by atoms with van der Waals surface area (Å²) in [6.07, 6.45) is 2.72. The Balaban J connectivity index is 1.69. The number of nitrogens with one attached hydrogen (secondary N) is 2. The molecular weight excluding hydrogens is 314 g/mol. The molecule has 7 heteroatoms. The monoisotopic (exact) mass is 327 g/mol. The zero-order valence-corrected chi connectivity index (χ0v) is 12.9. The molecule has 3 heterocycles. The van der Waals surface area contributed by atoms with Crippen molar-refractivity contribution in [3.05, 3.63) is 53.4 Å². The predicted molar refractivity (Wildman–Crippen MR) is 87.8 cm³/mol. The third-order valence-corrected chi connectivity index (χ3v) is 4.22. The number of aromatic amines is 1. The number of hydrogen-bond donors (Lipinski definition) is 2. The largest absolute Gasteiger partial charge is 0.330 e. The van der Waals surface area contributed by atoms with Gasteiger partial charge in [-0.05, 0) is 18.1 Å². The molecule has 0 bridgehead atoms. The summed E-state index contributed by atoms with van der Waals surface area (Å²) in [6, 6.07) is 11.7. The van der Waals surface area contributed by atoms with Crippen LogP contribution in [0.1, 0.15) is 24.4 Å². The van der Waals surface area contributed by atoms with Crippen LogP contribution in [-0.2, 0) is 4.79 Å². The average molecular weight is 328 g/mol. The number of halogens is 1. The van der Waals surface area contributed by atoms with E-state index in [0.717, 1.165) is 17.4 Å². The Labute approximate surface area is 137 Å². The van der Waals surface area contributed by atoms with Crippen molar-refractivity contribution >= 4 is 34.4 Å². The molecule has 0 saturated carbocycles. The van der Waals surface area contributed by atoms with Gasteiger partial charge in [0, 0.05) is 6.42 Å². The summed E-state index contributed by atoms with van der Waals surface area (Å²) in [5.74, 6) is 0.613. The minimum atomic E-state index is -0.0110. The van der Waals surface area contributed by atoms with Gasteiger partial charge in [0.05, 0.1) is 11.4 Å². The van der Waals surface area contributed by atoms with Crippen LogP contribution in [0.5, 0.6) is 0 Å². The molecule has 0 aliphatic carbocycles. The van der Waals surface area contributed by atoms with Crippen LogP contribution in [0.3, 0.4) is 0 Å². The van der Waals surface area contributed by atoms with Gasteiger partial charge in [0.1, 0.15) is 17.1 Å². The maximum Gasteiger partial charge on any atom is 0.241 e. The van der Waals surface area contributed by atoms with Gasteiger partial charge in [0.2, 0.25) is 5.91 Å². The molecule has 1 saturated heterocycles. The molecule has 2 N–H and O–H groups in total. The van der Waals surface area contributed by atoms with Gasteiger partial charge in [-0.2, -0.15) is 0 Å². The molecular formula is C16H14ClN5O. The normalized spacial score (nSPS) is 17.9. The van der Waals surface area contributed by atoms with Crippen LogP contribution in [-0.4, -0.2) is 25.9 Å². The fraction of sp³-hybridized carbons (Fsp3) is 0.188. The van der Waals surface area contributed by atoms with Crippen LogP contribution in [0.25, 0.3) is 11.0 Å². The second kappa shape index (κ2) is 5.55. The Morgan fingerprint density at radius 3 is 2.91 bits per heavy atom. The number of carbonyl (C=O) groups is 1. The highest BCUT2D eigenvalue weighted by molar-refractivity contribution is 6.30. The molecule has 1 atom stereocenters. The van der Waals surface area contributed by atoms with E-state index in [4.69, 9.17) is 11.6 Å². The van der Waals surface area contributed by atoms with E-state index < -0.39 is 0 Å². The van der Waals surface area contributed by atoms with E-state index in [1.807, 2.05) is 30.3 Å². The summed E-state index contributed by atoms with van der Waals surface area (Å²) in [5.41, 5.74) is 4.88. The quantitative estimate of drug-likeness (QED) is 0.774. The number of carbonyl (C=O) groups excluding carboxylic acids is 1. The molecule has 4 rings (SSSR count). The summed E-state index contributed by atoms with van der Waals surface area (Å²) in [7, 11) is 0. The second-order valence-corrected chi connectivity index (χ2v) is 5.85. The van der Waals surface area contributed by atoms with Crippen LogP contribution in [0, 0.1) is 0 Å². The smallest absolute Gasteiger partial charge is 0.241 e. The first-order valence-corrected chi connectivity index (χ1v) is 7.73. The molecule has 1 aliphatic heterocycles. The molecule has 0 spiro atoms. The number of aromatic nitrogens is 3. The van der Waals surface area contributed by atoms with Crippen molar-refractivity contribution in [2.24, 2.45) is 0 Å². The summed E-state index contributed by atoms with van der Waals surface area (Å²) in [6.45, 7) is 0. The first-order valence-electron chi connectivity index (χ1n) is 7.35. The minimum absolute atomic E-state index is 0.0110. The van der Waals surface area contributed by atoms with Gasteiger partial charge in [0.25, 0.3) is 0 Å². The van der Waals surface area contributed by atoms with Crippen LogP contribution >= 0.6 is 11.6 Å². The van der Waals surface area contributed by atoms with Gasteiger partial charge in [-0.1, -0.05) is 41.9 Å². The first-order chi connectivity index (χ1) is 11.2. The molecule has 6 nitrogen and oxygen atoms in total. The molecule has 3 aromatic rings. The fourth-order valence-corrected chi connectivity index (χ4v) is 3.12. The van der Waals surface area contributed by atoms with Crippen molar-refractivity contribution in [3.63, 3.8) is 0 Å². The highest BCUT2D eigenvalue weighted by atomic mass is 35.5. The van der Waals surface area contributed by atoms with Crippen LogP contribution in [0.2, 0.25) is 5.15 Å². The molecule has 1 amide bonds. The number of amides is 1. The Bertz CT molecular complexity index is 863. The number of H-pyrrole nitrogens is 1. The van der Waals surface area contributed by atoms with Crippen molar-refractivity contribution in [3.8, 4) is 0 Å². The number of fused-ring (bicyclic) bond motifs is 1. The van der Waals surface area contributed by atoms with Crippen molar-refractivity contribution < 1.29 is 4.79 Å². The van der Waals surface area contributed by atoms with Gasteiger partial charge in [0.15, 0.2) is 5.82 Å². The predicted octanol–water partition coefficient (Wildman–Crippen LogP) is 3.30. The first kappa shape index (κ1) is 14.0. The Kier molecular flexibility index (Phi) is 3.38. The van der Waals surface area contributed by atoms with E-state index in [1.54, 1.807) is 11.1 Å². The van der Waals surface area contributed by atoms with E-state index in [0.29, 0.717) is 23.0 Å². The summed E-state index contributed by atoms with van der Waals surface area (Å²) in [5, 5.41) is 2.89. The number of anilines is 1. The topological polar surface area (TPSA) is 73.9 Å². The lowest BCUT2D eigenvalue weighted by Crippen LogP contribution is -2.33. The second-order valence-electron chi connectivity index (χ2n) is 5.44. The standard InChI is InChI=1S/C16H14ClN5O/c17-13-8-11-15(20-13)18-9-19-16(11)21-22-12(6-7-14(22)23)10-4-2-1-3-5-10/h1-5,8-9,12H,6-7H2,(H2,18,19,20,21)/t12-/m0/s1. The van der Waals surface area contributed by atoms with Gasteiger partial charge in [-0.3, -0.25) is 10.2 Å². The lowest BCUT2D eigenvalue weighted by molar-refractivity contribution is -0.127. The Hall–Kier alpha value is -2.60. The van der Waals surface area contributed by atoms with E-state index >= 15 is 0 Å². The van der Waals surface area contributed by atoms with Crippen molar-refractivity contribution in [1.82, 2.24) is 20.0 Å². The third kappa shape index (κ3) is 2.51. The average Bonchev–Trinajstić information content (AvgIpc) is 3.12. The van der Waals surface area contributed by atoms with E-state index in [-0.39, 0.29) is 11.9 Å². The van der Waals surface area contributed by atoms with Gasteiger partial charge in [-0.25, -0.2) is 15.0 Å². The molecule has 23 heavy (non-hydrogen) atoms. The van der Waals surface area contributed by atoms with E-state index in [9.17, 15) is 4.79 Å². The van der Waals surface area contributed by atoms with Crippen LogP contribution < -0.4 is 5.43 Å². The van der Waals surface area contributed by atoms with E-state index in [2.05, 4.69) is 20.4 Å². The highest BCUT2D eigenvalue weighted by Crippen LogP contribution is 2.33. The van der Waals surface area contributed by atoms with Gasteiger partial charge in [-0.15, -0.1) is 0 Å². The Morgan fingerprint density at radius 1 is 1.26 bits per heavy atom. The summed E-state index contributed by atoms with van der Waals surface area (Å²) < 4.78 is 0. The van der Waals surface area contributed by atoms with Crippen molar-refractivity contribution in [1.29, 1.82) is 0 Å². The van der Waals surface area contributed by atoms with Crippen LogP contribution in [0.4, 0.5) is 5.82 Å². The molecule has 1 aromatic carbocycles. The number of nitrogens with zero attached hydrogens (tertiary/aromatic N) is 3. The van der Waals surface area contributed by atoms with Gasteiger partial charge >= 0.3 is 0 Å². The minimum Gasteiger partial charge on any atom is -0.330 e.